The maximum atomic E-state index is 14.4. The summed E-state index contributed by atoms with van der Waals surface area (Å²) in [5, 5.41) is 11.9. The van der Waals surface area contributed by atoms with E-state index in [1.54, 1.807) is 36.8 Å². The molecule has 14 heteroatoms. The molecule has 0 unspecified atom stereocenters. The third-order valence-electron chi connectivity index (χ3n) is 6.97. The molecule has 1 aromatic carbocycles. The lowest BCUT2D eigenvalue weighted by Gasteiger charge is -2.28. The highest BCUT2D eigenvalue weighted by molar-refractivity contribution is 7.10. The molecule has 220 valence electrons. The lowest BCUT2D eigenvalue weighted by atomic mass is 10.1. The number of nitrogens with zero attached hydrogens (tertiary/aromatic N) is 3. The van der Waals surface area contributed by atoms with Gasteiger partial charge in [-0.1, -0.05) is 11.2 Å². The SMILES string of the molecule is COC(C)(C)c1cc(C(=O)NCc2nc(-c3cc4c(N[C@@H]5CCOC[C@@H]5F)cccc4n3CC(F)(F)F)no2)cs1. The Balaban J connectivity index is 1.39. The van der Waals surface area contributed by atoms with Crippen LogP contribution in [-0.2, 0) is 28.2 Å². The molecule has 4 heterocycles. The van der Waals surface area contributed by atoms with Gasteiger partial charge in [0, 0.05) is 35.0 Å². The van der Waals surface area contributed by atoms with Gasteiger partial charge in [0.05, 0.1) is 41.6 Å². The van der Waals surface area contributed by atoms with Crippen LogP contribution in [0.25, 0.3) is 22.4 Å². The van der Waals surface area contributed by atoms with E-state index in [0.29, 0.717) is 29.7 Å². The normalized spacial score (nSPS) is 18.1. The van der Waals surface area contributed by atoms with Gasteiger partial charge in [-0.05, 0) is 44.5 Å². The van der Waals surface area contributed by atoms with Crippen LogP contribution in [0.2, 0.25) is 0 Å². The topological polar surface area (TPSA) is 103 Å². The third-order valence-corrected chi connectivity index (χ3v) is 8.21. The van der Waals surface area contributed by atoms with Gasteiger partial charge in [0.15, 0.2) is 0 Å². The van der Waals surface area contributed by atoms with Crippen LogP contribution >= 0.6 is 11.3 Å². The van der Waals surface area contributed by atoms with E-state index in [4.69, 9.17) is 14.0 Å². The van der Waals surface area contributed by atoms with Crippen LogP contribution in [0.3, 0.4) is 0 Å². The number of carbonyl (C=O) groups is 1. The minimum Gasteiger partial charge on any atom is -0.379 e. The van der Waals surface area contributed by atoms with E-state index >= 15 is 0 Å². The highest BCUT2D eigenvalue weighted by Crippen LogP contribution is 2.35. The summed E-state index contributed by atoms with van der Waals surface area (Å²) >= 11 is 1.39. The molecule has 2 atom stereocenters. The molecule has 9 nitrogen and oxygen atoms in total. The number of rotatable bonds is 9. The Morgan fingerprint density at radius 3 is 2.80 bits per heavy atom. The fraction of sp³-hybridized carbons (Fsp3) is 0.444. The first-order valence-electron chi connectivity index (χ1n) is 12.9. The van der Waals surface area contributed by atoms with Crippen LogP contribution in [-0.4, -0.2) is 59.3 Å². The second-order valence-electron chi connectivity index (χ2n) is 10.2. The van der Waals surface area contributed by atoms with Crippen LogP contribution in [0.5, 0.6) is 0 Å². The Bertz CT molecular complexity index is 1530. The van der Waals surface area contributed by atoms with Crippen LogP contribution in [0.4, 0.5) is 23.2 Å². The molecule has 0 spiro atoms. The van der Waals surface area contributed by atoms with Crippen LogP contribution in [0.1, 0.15) is 41.4 Å². The summed E-state index contributed by atoms with van der Waals surface area (Å²) in [5.41, 5.74) is 0.715. The molecule has 41 heavy (non-hydrogen) atoms. The smallest absolute Gasteiger partial charge is 0.379 e. The zero-order chi connectivity index (χ0) is 29.4. The number of carbonyl (C=O) groups excluding carboxylic acids is 1. The van der Waals surface area contributed by atoms with Crippen molar-refractivity contribution in [2.24, 2.45) is 0 Å². The Morgan fingerprint density at radius 2 is 2.07 bits per heavy atom. The number of hydrogen-bond acceptors (Lipinski definition) is 8. The largest absolute Gasteiger partial charge is 0.406 e. The number of nitrogens with one attached hydrogen (secondary N) is 2. The Kier molecular flexibility index (Phi) is 8.08. The van der Waals surface area contributed by atoms with Crippen molar-refractivity contribution in [3.63, 3.8) is 0 Å². The molecule has 0 bridgehead atoms. The average molecular weight is 596 g/mol. The van der Waals surface area contributed by atoms with Gasteiger partial charge in [0.1, 0.15) is 12.7 Å². The van der Waals surface area contributed by atoms with Gasteiger partial charge in [0.2, 0.25) is 11.7 Å². The molecule has 1 aliphatic rings. The Morgan fingerprint density at radius 1 is 1.27 bits per heavy atom. The van der Waals surface area contributed by atoms with Gasteiger partial charge in [0.25, 0.3) is 5.91 Å². The summed E-state index contributed by atoms with van der Waals surface area (Å²) in [4.78, 5) is 17.8. The van der Waals surface area contributed by atoms with E-state index < -0.39 is 30.5 Å². The maximum Gasteiger partial charge on any atom is 0.406 e. The maximum absolute atomic E-state index is 14.4. The molecule has 0 aliphatic carbocycles. The van der Waals surface area contributed by atoms with Crippen molar-refractivity contribution in [3.05, 3.63) is 52.0 Å². The van der Waals surface area contributed by atoms with E-state index in [0.717, 1.165) is 9.44 Å². The average Bonchev–Trinajstić information content (AvgIpc) is 3.68. The number of benzene rings is 1. The van der Waals surface area contributed by atoms with Crippen LogP contribution < -0.4 is 10.6 Å². The first-order chi connectivity index (χ1) is 19.4. The van der Waals surface area contributed by atoms with Gasteiger partial charge >= 0.3 is 6.18 Å². The molecule has 0 radical (unpaired) electrons. The van der Waals surface area contributed by atoms with Crippen LogP contribution in [0.15, 0.2) is 40.2 Å². The summed E-state index contributed by atoms with van der Waals surface area (Å²) in [6, 6.07) is 7.56. The molecule has 1 amide bonds. The second-order valence-corrected chi connectivity index (χ2v) is 11.1. The zero-order valence-corrected chi connectivity index (χ0v) is 23.4. The number of ether oxygens (including phenoxy) is 2. The molecule has 1 saturated heterocycles. The summed E-state index contributed by atoms with van der Waals surface area (Å²) in [5.74, 6) is -0.430. The molecule has 3 aromatic heterocycles. The van der Waals surface area contributed by atoms with Gasteiger partial charge < -0.3 is 29.2 Å². The summed E-state index contributed by atoms with van der Waals surface area (Å²) < 4.78 is 72.2. The van der Waals surface area contributed by atoms with Crippen LogP contribution in [0, 0.1) is 0 Å². The minimum absolute atomic E-state index is 0.0191. The fourth-order valence-electron chi connectivity index (χ4n) is 4.57. The van der Waals surface area contributed by atoms with Crippen molar-refractivity contribution >= 4 is 33.8 Å². The van der Waals surface area contributed by atoms with E-state index in [9.17, 15) is 22.4 Å². The van der Waals surface area contributed by atoms with Gasteiger partial charge in [-0.25, -0.2) is 4.39 Å². The molecule has 4 aromatic rings. The molecular formula is C27H29F4N5O4S. The molecular weight excluding hydrogens is 566 g/mol. The lowest BCUT2D eigenvalue weighted by molar-refractivity contribution is -0.139. The predicted octanol–water partition coefficient (Wildman–Crippen LogP) is 5.67. The lowest BCUT2D eigenvalue weighted by Crippen LogP contribution is -2.39. The number of alkyl halides is 4. The number of halogens is 4. The summed E-state index contributed by atoms with van der Waals surface area (Å²) in [6.07, 6.45) is -5.37. The zero-order valence-electron chi connectivity index (χ0n) is 22.5. The second kappa shape index (κ2) is 11.4. The molecule has 5 rings (SSSR count). The minimum atomic E-state index is -4.54. The summed E-state index contributed by atoms with van der Waals surface area (Å²) in [6.45, 7) is 2.70. The van der Waals surface area contributed by atoms with E-state index in [1.165, 1.54) is 17.4 Å². The summed E-state index contributed by atoms with van der Waals surface area (Å²) in [7, 11) is 1.59. The van der Waals surface area contributed by atoms with Gasteiger partial charge in [-0.15, -0.1) is 11.3 Å². The standard InChI is InChI=1S/C27H29F4N5O4S/c1-26(2,38-3)22-9-15(13-41-22)25(37)32-11-23-34-24(35-40-23)21-10-16-18(33-19-7-8-39-12-17(19)28)5-4-6-20(16)36(21)14-27(29,30)31/h4-6,9-10,13,17,19,33H,7-8,11-12,14H2,1-3H3,(H,32,37)/t17-,19+/m0/s1. The monoisotopic (exact) mass is 595 g/mol. The van der Waals surface area contributed by atoms with E-state index in [-0.39, 0.29) is 42.0 Å². The van der Waals surface area contributed by atoms with Crippen molar-refractivity contribution in [1.29, 1.82) is 0 Å². The Labute approximate surface area is 236 Å². The predicted molar refractivity (Wildman–Crippen MR) is 145 cm³/mol. The number of thiophene rings is 1. The molecule has 1 aliphatic heterocycles. The molecule has 1 fully saturated rings. The van der Waals surface area contributed by atoms with Crippen molar-refractivity contribution in [2.75, 3.05) is 25.6 Å². The van der Waals surface area contributed by atoms with Crippen molar-refractivity contribution < 1.29 is 36.4 Å². The Hall–Kier alpha value is -3.49. The highest BCUT2D eigenvalue weighted by Gasteiger charge is 2.32. The van der Waals surface area contributed by atoms with Crippen molar-refractivity contribution in [1.82, 2.24) is 20.0 Å². The van der Waals surface area contributed by atoms with Gasteiger partial charge in [-0.2, -0.15) is 18.2 Å². The van der Waals surface area contributed by atoms with Crippen molar-refractivity contribution in [3.8, 4) is 11.5 Å². The number of anilines is 1. The number of methoxy groups -OCH3 is 1. The molecule has 0 saturated carbocycles. The van der Waals surface area contributed by atoms with Gasteiger partial charge in [-0.3, -0.25) is 4.79 Å². The quantitative estimate of drug-likeness (QED) is 0.241. The van der Waals surface area contributed by atoms with E-state index in [1.807, 2.05) is 13.8 Å². The van der Waals surface area contributed by atoms with Crippen molar-refractivity contribution in [2.45, 2.75) is 57.3 Å². The number of aromatic nitrogens is 3. The molecule has 2 N–H and O–H groups in total. The fourth-order valence-corrected chi connectivity index (χ4v) is 5.56. The number of fused-ring (bicyclic) bond motifs is 1. The number of amides is 1. The first kappa shape index (κ1) is 29.0. The highest BCUT2D eigenvalue weighted by atomic mass is 32.1. The van der Waals surface area contributed by atoms with E-state index in [2.05, 4.69) is 20.8 Å². The third kappa shape index (κ3) is 6.39. The first-order valence-corrected chi connectivity index (χ1v) is 13.8. The number of hydrogen-bond donors (Lipinski definition) is 2.